The summed E-state index contributed by atoms with van der Waals surface area (Å²) in [5.74, 6) is -0.804. The molecule has 2 aromatic carbocycles. The number of amides is 2. The van der Waals surface area contributed by atoms with Gasteiger partial charge in [0.2, 0.25) is 5.91 Å². The van der Waals surface area contributed by atoms with Gasteiger partial charge < -0.3 is 29.4 Å². The van der Waals surface area contributed by atoms with Gasteiger partial charge in [0.1, 0.15) is 15.6 Å². The van der Waals surface area contributed by atoms with Crippen LogP contribution in [0, 0.1) is 6.92 Å². The Morgan fingerprint density at radius 2 is 1.63 bits per heavy atom. The zero-order valence-electron chi connectivity index (χ0n) is 26.0. The van der Waals surface area contributed by atoms with Gasteiger partial charge in [0, 0.05) is 12.1 Å². The highest BCUT2D eigenvalue weighted by Gasteiger charge is 2.27. The number of benzene rings is 2. The molecule has 0 aliphatic heterocycles. The first-order valence-electron chi connectivity index (χ1n) is 14.5. The molecule has 2 amide bonds. The molecule has 0 saturated heterocycles. The van der Waals surface area contributed by atoms with Crippen LogP contribution in [0.3, 0.4) is 0 Å². The Morgan fingerprint density at radius 3 is 2.30 bits per heavy atom. The van der Waals surface area contributed by atoms with E-state index in [1.54, 1.807) is 52.1 Å². The summed E-state index contributed by atoms with van der Waals surface area (Å²) in [5, 5.41) is 14.9. The quantitative estimate of drug-likeness (QED) is 0.132. The summed E-state index contributed by atoms with van der Waals surface area (Å²) in [5.41, 5.74) is 2.08. The number of esters is 2. The number of aryl methyl sites for hydroxylation is 1. The molecule has 14 heteroatoms. The minimum atomic E-state index is -0.642. The molecule has 2 aromatic heterocycles. The number of carbonyl (C=O) groups is 4. The van der Waals surface area contributed by atoms with E-state index in [0.717, 1.165) is 28.7 Å². The number of hydrogen-bond acceptors (Lipinski definition) is 11. The van der Waals surface area contributed by atoms with Crippen molar-refractivity contribution in [3.63, 3.8) is 0 Å². The summed E-state index contributed by atoms with van der Waals surface area (Å²) in [7, 11) is 1.56. The minimum absolute atomic E-state index is 0.0599. The number of hydrogen-bond donors (Lipinski definition) is 2. The SMILES string of the molecule is CCOC(=O)c1sc(NC(=O)CSc2nnc(CNC(=O)c3ccc(OC)cc3)n2CCc2ccccc2)c(C(=O)OCC)c1C. The molecule has 12 nitrogen and oxygen atoms in total. The first kappa shape index (κ1) is 34.2. The van der Waals surface area contributed by atoms with Gasteiger partial charge in [-0.15, -0.1) is 21.5 Å². The van der Waals surface area contributed by atoms with E-state index in [2.05, 4.69) is 20.8 Å². The van der Waals surface area contributed by atoms with E-state index < -0.39 is 17.8 Å². The summed E-state index contributed by atoms with van der Waals surface area (Å²) >= 11 is 2.13. The third-order valence-electron chi connectivity index (χ3n) is 6.69. The fourth-order valence-electron chi connectivity index (χ4n) is 4.41. The summed E-state index contributed by atoms with van der Waals surface area (Å²) in [6.07, 6.45) is 0.673. The lowest BCUT2D eigenvalue weighted by Gasteiger charge is -2.12. The predicted molar refractivity (Wildman–Crippen MR) is 175 cm³/mol. The maximum absolute atomic E-state index is 13.1. The lowest BCUT2D eigenvalue weighted by atomic mass is 10.1. The number of methoxy groups -OCH3 is 1. The van der Waals surface area contributed by atoms with Gasteiger partial charge in [0.25, 0.3) is 5.91 Å². The maximum Gasteiger partial charge on any atom is 0.348 e. The molecule has 2 heterocycles. The van der Waals surface area contributed by atoms with Crippen LogP contribution in [0.1, 0.15) is 61.2 Å². The summed E-state index contributed by atoms with van der Waals surface area (Å²) in [6.45, 7) is 5.90. The molecular weight excluding hydrogens is 631 g/mol. The number of nitrogens with zero attached hydrogens (tertiary/aromatic N) is 3. The van der Waals surface area contributed by atoms with Crippen molar-refractivity contribution >= 4 is 51.9 Å². The van der Waals surface area contributed by atoms with E-state index in [4.69, 9.17) is 14.2 Å². The zero-order valence-corrected chi connectivity index (χ0v) is 27.6. The van der Waals surface area contributed by atoms with E-state index in [-0.39, 0.29) is 46.9 Å². The first-order chi connectivity index (χ1) is 22.2. The van der Waals surface area contributed by atoms with Gasteiger partial charge in [0.15, 0.2) is 11.0 Å². The van der Waals surface area contributed by atoms with Crippen molar-refractivity contribution in [1.29, 1.82) is 0 Å². The molecule has 0 unspecified atom stereocenters. The summed E-state index contributed by atoms with van der Waals surface area (Å²) in [6, 6.07) is 16.7. The Hall–Kier alpha value is -4.69. The van der Waals surface area contributed by atoms with E-state index in [1.165, 1.54) is 0 Å². The van der Waals surface area contributed by atoms with Crippen molar-refractivity contribution in [2.24, 2.45) is 0 Å². The Morgan fingerprint density at radius 1 is 0.935 bits per heavy atom. The third kappa shape index (κ3) is 8.73. The largest absolute Gasteiger partial charge is 0.497 e. The van der Waals surface area contributed by atoms with Crippen LogP contribution in [0.4, 0.5) is 5.00 Å². The molecule has 242 valence electrons. The van der Waals surface area contributed by atoms with Gasteiger partial charge in [-0.2, -0.15) is 0 Å². The number of thioether (sulfide) groups is 1. The van der Waals surface area contributed by atoms with Crippen LogP contribution >= 0.6 is 23.1 Å². The normalized spacial score (nSPS) is 10.7. The Labute approximate surface area is 274 Å². The molecule has 0 radical (unpaired) electrons. The fourth-order valence-corrected chi connectivity index (χ4v) is 6.29. The van der Waals surface area contributed by atoms with Gasteiger partial charge in [0.05, 0.1) is 38.2 Å². The highest BCUT2D eigenvalue weighted by atomic mass is 32.2. The highest BCUT2D eigenvalue weighted by Crippen LogP contribution is 2.34. The van der Waals surface area contributed by atoms with Gasteiger partial charge in [-0.3, -0.25) is 9.59 Å². The smallest absolute Gasteiger partial charge is 0.348 e. The molecule has 0 spiro atoms. The van der Waals surface area contributed by atoms with Gasteiger partial charge in [-0.05, 0) is 62.6 Å². The number of ether oxygens (including phenoxy) is 3. The summed E-state index contributed by atoms with van der Waals surface area (Å²) in [4.78, 5) is 51.4. The Balaban J connectivity index is 1.49. The van der Waals surface area contributed by atoms with Crippen LogP contribution in [0.25, 0.3) is 0 Å². The van der Waals surface area contributed by atoms with Crippen molar-refractivity contribution in [2.75, 3.05) is 31.4 Å². The van der Waals surface area contributed by atoms with Crippen molar-refractivity contribution < 1.29 is 33.4 Å². The Kier molecular flexibility index (Phi) is 12.3. The van der Waals surface area contributed by atoms with E-state index in [9.17, 15) is 19.2 Å². The van der Waals surface area contributed by atoms with Crippen molar-refractivity contribution in [1.82, 2.24) is 20.1 Å². The molecule has 46 heavy (non-hydrogen) atoms. The molecule has 0 saturated carbocycles. The first-order valence-corrected chi connectivity index (χ1v) is 16.3. The van der Waals surface area contributed by atoms with Crippen LogP contribution in [0.5, 0.6) is 5.75 Å². The average Bonchev–Trinajstić information content (AvgIpc) is 3.61. The zero-order chi connectivity index (χ0) is 33.1. The second-order valence-electron chi connectivity index (χ2n) is 9.74. The molecule has 2 N–H and O–H groups in total. The molecule has 0 bridgehead atoms. The molecule has 4 rings (SSSR count). The van der Waals surface area contributed by atoms with Crippen LogP contribution in [0.2, 0.25) is 0 Å². The predicted octanol–water partition coefficient (Wildman–Crippen LogP) is 4.91. The van der Waals surface area contributed by atoms with Crippen LogP contribution in [0.15, 0.2) is 59.8 Å². The third-order valence-corrected chi connectivity index (χ3v) is 8.85. The average molecular weight is 666 g/mol. The summed E-state index contributed by atoms with van der Waals surface area (Å²) < 4.78 is 17.3. The topological polar surface area (TPSA) is 151 Å². The molecule has 4 aromatic rings. The van der Waals surface area contributed by atoms with Crippen LogP contribution in [-0.2, 0) is 33.8 Å². The highest BCUT2D eigenvalue weighted by molar-refractivity contribution is 7.99. The lowest BCUT2D eigenvalue weighted by Crippen LogP contribution is -2.25. The number of rotatable bonds is 15. The van der Waals surface area contributed by atoms with Gasteiger partial charge in [-0.25, -0.2) is 9.59 Å². The molecule has 0 aliphatic rings. The fraction of sp³-hybridized carbons (Fsp3) is 0.312. The van der Waals surface area contributed by atoms with Gasteiger partial charge in [-0.1, -0.05) is 42.1 Å². The number of aromatic nitrogens is 3. The lowest BCUT2D eigenvalue weighted by molar-refractivity contribution is -0.113. The van der Waals surface area contributed by atoms with Gasteiger partial charge >= 0.3 is 11.9 Å². The second kappa shape index (κ2) is 16.6. The number of nitrogens with one attached hydrogen (secondary N) is 2. The number of thiophene rings is 1. The minimum Gasteiger partial charge on any atom is -0.497 e. The number of anilines is 1. The van der Waals surface area contributed by atoms with Crippen molar-refractivity contribution in [3.8, 4) is 5.75 Å². The molecule has 0 atom stereocenters. The molecular formula is C32H35N5O7S2. The molecule has 0 aliphatic carbocycles. The van der Waals surface area contributed by atoms with E-state index in [1.807, 2.05) is 34.9 Å². The van der Waals surface area contributed by atoms with Crippen molar-refractivity contribution in [3.05, 3.63) is 87.6 Å². The Bertz CT molecular complexity index is 1670. The second-order valence-corrected chi connectivity index (χ2v) is 11.7. The number of carbonyl (C=O) groups excluding carboxylic acids is 4. The monoisotopic (exact) mass is 665 g/mol. The van der Waals surface area contributed by atoms with Crippen LogP contribution < -0.4 is 15.4 Å². The van der Waals surface area contributed by atoms with E-state index >= 15 is 0 Å². The van der Waals surface area contributed by atoms with E-state index in [0.29, 0.717) is 40.8 Å². The maximum atomic E-state index is 13.1. The van der Waals surface area contributed by atoms with Crippen molar-refractivity contribution in [2.45, 2.75) is 45.4 Å². The molecule has 0 fully saturated rings. The van der Waals surface area contributed by atoms with Crippen LogP contribution in [-0.4, -0.2) is 64.6 Å². The standard InChI is InChI=1S/C32H35N5O7S2/c1-5-43-30(40)26-20(3)27(31(41)44-6-2)46-29(26)34-25(38)19-45-32-36-35-24(37(32)17-16-21-10-8-7-9-11-21)18-33-28(39)22-12-14-23(42-4)15-13-22/h7-15H,5-6,16-19H2,1-4H3,(H,33,39)(H,34,38).